The smallest absolute Gasteiger partial charge is 0.325 e. The minimum atomic E-state index is -1.19. The van der Waals surface area contributed by atoms with Gasteiger partial charge in [0.05, 0.1) is 6.54 Å². The van der Waals surface area contributed by atoms with E-state index in [0.29, 0.717) is 45.2 Å². The maximum Gasteiger partial charge on any atom is 0.325 e. The average Bonchev–Trinajstić information content (AvgIpc) is 3.49. The van der Waals surface area contributed by atoms with Crippen LogP contribution >= 0.6 is 0 Å². The number of nitrogens with one attached hydrogen (secondary N) is 2. The van der Waals surface area contributed by atoms with Crippen LogP contribution in [0.5, 0.6) is 0 Å². The first kappa shape index (κ1) is 27.8. The van der Waals surface area contributed by atoms with Crippen molar-refractivity contribution in [2.45, 2.75) is 69.6 Å². The zero-order valence-electron chi connectivity index (χ0n) is 19.9. The Morgan fingerprint density at radius 1 is 1.00 bits per heavy atom. The predicted molar refractivity (Wildman–Crippen MR) is 126 cm³/mol. The summed E-state index contributed by atoms with van der Waals surface area (Å²) < 4.78 is 0. The van der Waals surface area contributed by atoms with E-state index in [1.54, 1.807) is 0 Å². The van der Waals surface area contributed by atoms with Crippen LogP contribution in [0.15, 0.2) is 4.99 Å². The van der Waals surface area contributed by atoms with Crippen molar-refractivity contribution in [3.05, 3.63) is 0 Å². The van der Waals surface area contributed by atoms with Crippen molar-refractivity contribution in [1.82, 2.24) is 20.4 Å². The highest BCUT2D eigenvalue weighted by Crippen LogP contribution is 2.21. The fourth-order valence-corrected chi connectivity index (χ4v) is 4.36. The van der Waals surface area contributed by atoms with Gasteiger partial charge in [-0.1, -0.05) is 0 Å². The fourth-order valence-electron chi connectivity index (χ4n) is 4.36. The van der Waals surface area contributed by atoms with Gasteiger partial charge in [-0.05, 0) is 45.4 Å². The standard InChI is InChI=1S/C21H36N8O6/c1-12(20(34)35)26-17(31)15-7-4-10-29(15)19(33)13(5-2-8-25-21(23)24)27-18(32)14-6-3-9-28(14)16(30)11-22/h12-15H,2-11,22H2,1H3,(H,26,31)(H,27,32)(H,34,35)(H4,23,24,25). The molecule has 4 atom stereocenters. The number of carbonyl (C=O) groups excluding carboxylic acids is 4. The molecule has 0 bridgehead atoms. The molecule has 35 heavy (non-hydrogen) atoms. The summed E-state index contributed by atoms with van der Waals surface area (Å²) in [6.45, 7) is 2.06. The molecule has 9 N–H and O–H groups in total. The van der Waals surface area contributed by atoms with Crippen molar-refractivity contribution < 1.29 is 29.1 Å². The van der Waals surface area contributed by atoms with Crippen LogP contribution in [0.3, 0.4) is 0 Å². The van der Waals surface area contributed by atoms with Crippen LogP contribution in [-0.2, 0) is 24.0 Å². The topological polar surface area (TPSA) is 227 Å². The van der Waals surface area contributed by atoms with Crippen LogP contribution in [0.4, 0.5) is 0 Å². The molecule has 2 heterocycles. The summed E-state index contributed by atoms with van der Waals surface area (Å²) in [5, 5.41) is 14.2. The zero-order valence-corrected chi connectivity index (χ0v) is 19.9. The summed E-state index contributed by atoms with van der Waals surface area (Å²) in [4.78, 5) is 69.1. The number of nitrogens with two attached hydrogens (primary N) is 3. The second-order valence-electron chi connectivity index (χ2n) is 8.72. The molecular formula is C21H36N8O6. The summed E-state index contributed by atoms with van der Waals surface area (Å²) in [6, 6.07) is -3.66. The molecule has 14 nitrogen and oxygen atoms in total. The quantitative estimate of drug-likeness (QED) is 0.0975. The van der Waals surface area contributed by atoms with Gasteiger partial charge in [0.25, 0.3) is 0 Å². The van der Waals surface area contributed by atoms with Gasteiger partial charge in [-0.2, -0.15) is 0 Å². The van der Waals surface area contributed by atoms with Crippen LogP contribution in [0.2, 0.25) is 0 Å². The van der Waals surface area contributed by atoms with Gasteiger partial charge in [0.1, 0.15) is 24.2 Å². The normalized spacial score (nSPS) is 21.2. The summed E-state index contributed by atoms with van der Waals surface area (Å²) in [7, 11) is 0. The van der Waals surface area contributed by atoms with Crippen LogP contribution in [0, 0.1) is 0 Å². The number of aliphatic imine (C=N–C) groups is 1. The number of rotatable bonds is 11. The van der Waals surface area contributed by atoms with Gasteiger partial charge in [-0.25, -0.2) is 0 Å². The Morgan fingerprint density at radius 2 is 1.57 bits per heavy atom. The van der Waals surface area contributed by atoms with Gasteiger partial charge in [0.15, 0.2) is 5.96 Å². The molecule has 0 spiro atoms. The molecule has 0 aromatic heterocycles. The van der Waals surface area contributed by atoms with Gasteiger partial charge >= 0.3 is 5.97 Å². The van der Waals surface area contributed by atoms with Crippen molar-refractivity contribution in [2.75, 3.05) is 26.2 Å². The number of carbonyl (C=O) groups is 5. The molecule has 4 amide bonds. The van der Waals surface area contributed by atoms with Crippen molar-refractivity contribution in [2.24, 2.45) is 22.2 Å². The third kappa shape index (κ3) is 7.53. The number of carboxylic acid groups (broad SMARTS) is 1. The van der Waals surface area contributed by atoms with Crippen molar-refractivity contribution >= 4 is 35.6 Å². The first-order chi connectivity index (χ1) is 16.6. The van der Waals surface area contributed by atoms with Crippen molar-refractivity contribution in [3.8, 4) is 0 Å². The SMILES string of the molecule is CC(NC(=O)C1CCCN1C(=O)C(CCCN=C(N)N)NC(=O)C1CCCN1C(=O)CN)C(=O)O. The lowest BCUT2D eigenvalue weighted by Crippen LogP contribution is -2.57. The van der Waals surface area contributed by atoms with Gasteiger partial charge in [-0.15, -0.1) is 0 Å². The van der Waals surface area contributed by atoms with Crippen LogP contribution in [0.25, 0.3) is 0 Å². The maximum atomic E-state index is 13.5. The van der Waals surface area contributed by atoms with Crippen LogP contribution in [-0.4, -0.2) is 101 Å². The summed E-state index contributed by atoms with van der Waals surface area (Å²) >= 11 is 0. The first-order valence-corrected chi connectivity index (χ1v) is 11.8. The van der Waals surface area contributed by atoms with E-state index in [1.807, 2.05) is 0 Å². The van der Waals surface area contributed by atoms with Crippen LogP contribution in [0.1, 0.15) is 45.4 Å². The van der Waals surface area contributed by atoms with E-state index in [1.165, 1.54) is 16.7 Å². The highest BCUT2D eigenvalue weighted by molar-refractivity contribution is 5.95. The Bertz CT molecular complexity index is 846. The lowest BCUT2D eigenvalue weighted by molar-refractivity contribution is -0.145. The Hall–Kier alpha value is -3.42. The summed E-state index contributed by atoms with van der Waals surface area (Å²) in [5.74, 6) is -3.12. The number of nitrogens with zero attached hydrogens (tertiary/aromatic N) is 3. The van der Waals surface area contributed by atoms with Crippen molar-refractivity contribution in [1.29, 1.82) is 0 Å². The highest BCUT2D eigenvalue weighted by atomic mass is 16.4. The van der Waals surface area contributed by atoms with E-state index >= 15 is 0 Å². The molecule has 0 aliphatic carbocycles. The molecule has 2 saturated heterocycles. The number of likely N-dealkylation sites (tertiary alicyclic amines) is 2. The van der Waals surface area contributed by atoms with Crippen molar-refractivity contribution in [3.63, 3.8) is 0 Å². The molecule has 4 unspecified atom stereocenters. The van der Waals surface area contributed by atoms with E-state index in [4.69, 9.17) is 22.3 Å². The second-order valence-corrected chi connectivity index (χ2v) is 8.72. The third-order valence-electron chi connectivity index (χ3n) is 6.18. The molecule has 196 valence electrons. The Morgan fingerprint density at radius 3 is 2.14 bits per heavy atom. The fraction of sp³-hybridized carbons (Fsp3) is 0.714. The molecular weight excluding hydrogens is 460 g/mol. The molecule has 2 aliphatic rings. The number of amides is 4. The highest BCUT2D eigenvalue weighted by Gasteiger charge is 2.40. The third-order valence-corrected chi connectivity index (χ3v) is 6.18. The van der Waals surface area contributed by atoms with Crippen LogP contribution < -0.4 is 27.8 Å². The van der Waals surface area contributed by atoms with E-state index < -0.39 is 47.9 Å². The molecule has 2 rings (SSSR count). The van der Waals surface area contributed by atoms with E-state index in [0.717, 1.165) is 0 Å². The monoisotopic (exact) mass is 496 g/mol. The molecule has 0 saturated carbocycles. The number of carboxylic acids is 1. The minimum Gasteiger partial charge on any atom is -0.480 e. The summed E-state index contributed by atoms with van der Waals surface area (Å²) in [6.07, 6.45) is 2.61. The number of hydrogen-bond donors (Lipinski definition) is 6. The van der Waals surface area contributed by atoms with E-state index in [2.05, 4.69) is 15.6 Å². The van der Waals surface area contributed by atoms with Gasteiger partial charge in [0.2, 0.25) is 23.6 Å². The molecule has 0 aromatic carbocycles. The predicted octanol–water partition coefficient (Wildman–Crippen LogP) is -2.95. The minimum absolute atomic E-state index is 0.0948. The Balaban J connectivity index is 2.15. The molecule has 0 radical (unpaired) electrons. The Kier molecular flexibility index (Phi) is 10.2. The lowest BCUT2D eigenvalue weighted by Gasteiger charge is -2.31. The largest absolute Gasteiger partial charge is 0.480 e. The average molecular weight is 497 g/mol. The molecule has 0 aromatic rings. The Labute approximate surface area is 203 Å². The second kappa shape index (κ2) is 12.9. The van der Waals surface area contributed by atoms with E-state index in [-0.39, 0.29) is 31.4 Å². The maximum absolute atomic E-state index is 13.5. The molecule has 2 fully saturated rings. The van der Waals surface area contributed by atoms with E-state index in [9.17, 15) is 24.0 Å². The van der Waals surface area contributed by atoms with Gasteiger partial charge in [0, 0.05) is 19.6 Å². The van der Waals surface area contributed by atoms with Gasteiger partial charge in [-0.3, -0.25) is 29.0 Å². The first-order valence-electron chi connectivity index (χ1n) is 11.8. The molecule has 2 aliphatic heterocycles. The lowest BCUT2D eigenvalue weighted by atomic mass is 10.1. The summed E-state index contributed by atoms with van der Waals surface area (Å²) in [5.41, 5.74) is 16.2. The van der Waals surface area contributed by atoms with Gasteiger partial charge < -0.3 is 42.7 Å². The number of guanidine groups is 1. The molecule has 14 heteroatoms. The number of hydrogen-bond acceptors (Lipinski definition) is 7. The number of aliphatic carboxylic acids is 1. The zero-order chi connectivity index (χ0) is 26.1.